The van der Waals surface area contributed by atoms with Gasteiger partial charge in [0, 0.05) is 12.7 Å². The fourth-order valence-corrected chi connectivity index (χ4v) is 2.02. The SMILES string of the molecule is CCCn1nccc1CNc1ccc(Cl)nc1C. The van der Waals surface area contributed by atoms with E-state index in [1.54, 1.807) is 6.07 Å². The fourth-order valence-electron chi connectivity index (χ4n) is 1.83. The van der Waals surface area contributed by atoms with Crippen molar-refractivity contribution in [2.45, 2.75) is 33.4 Å². The van der Waals surface area contributed by atoms with E-state index in [-0.39, 0.29) is 0 Å². The van der Waals surface area contributed by atoms with E-state index in [0.717, 1.165) is 30.9 Å². The van der Waals surface area contributed by atoms with E-state index in [9.17, 15) is 0 Å². The minimum absolute atomic E-state index is 0.522. The highest BCUT2D eigenvalue weighted by Crippen LogP contribution is 2.16. The summed E-state index contributed by atoms with van der Waals surface area (Å²) < 4.78 is 2.02. The van der Waals surface area contributed by atoms with Gasteiger partial charge >= 0.3 is 0 Å². The van der Waals surface area contributed by atoms with Crippen LogP contribution in [0.25, 0.3) is 0 Å². The number of nitrogens with zero attached hydrogens (tertiary/aromatic N) is 3. The Morgan fingerprint density at radius 3 is 2.89 bits per heavy atom. The van der Waals surface area contributed by atoms with Gasteiger partial charge < -0.3 is 5.32 Å². The lowest BCUT2D eigenvalue weighted by atomic mass is 10.3. The Hall–Kier alpha value is -1.55. The molecular weight excluding hydrogens is 248 g/mol. The van der Waals surface area contributed by atoms with Gasteiger partial charge in [0.2, 0.25) is 0 Å². The monoisotopic (exact) mass is 264 g/mol. The van der Waals surface area contributed by atoms with Crippen molar-refractivity contribution in [2.24, 2.45) is 0 Å². The van der Waals surface area contributed by atoms with Crippen LogP contribution in [-0.2, 0) is 13.1 Å². The van der Waals surface area contributed by atoms with Gasteiger partial charge in [-0.2, -0.15) is 5.10 Å². The predicted molar refractivity (Wildman–Crippen MR) is 73.8 cm³/mol. The number of hydrogen-bond donors (Lipinski definition) is 1. The van der Waals surface area contributed by atoms with Gasteiger partial charge in [0.1, 0.15) is 5.15 Å². The van der Waals surface area contributed by atoms with Gasteiger partial charge in [-0.3, -0.25) is 4.68 Å². The van der Waals surface area contributed by atoms with Crippen LogP contribution in [0, 0.1) is 6.92 Å². The molecule has 2 aromatic heterocycles. The molecule has 18 heavy (non-hydrogen) atoms. The molecule has 2 aromatic rings. The van der Waals surface area contributed by atoms with Crippen molar-refractivity contribution < 1.29 is 0 Å². The van der Waals surface area contributed by atoms with E-state index >= 15 is 0 Å². The summed E-state index contributed by atoms with van der Waals surface area (Å²) in [5, 5.41) is 8.18. The van der Waals surface area contributed by atoms with Crippen LogP contribution in [0.15, 0.2) is 24.4 Å². The Balaban J connectivity index is 2.04. The van der Waals surface area contributed by atoms with Crippen molar-refractivity contribution in [3.05, 3.63) is 40.9 Å². The summed E-state index contributed by atoms with van der Waals surface area (Å²) in [6.45, 7) is 5.77. The summed E-state index contributed by atoms with van der Waals surface area (Å²) in [6, 6.07) is 5.77. The molecule has 0 aliphatic rings. The van der Waals surface area contributed by atoms with Crippen LogP contribution in [0.3, 0.4) is 0 Å². The summed E-state index contributed by atoms with van der Waals surface area (Å²) in [6.07, 6.45) is 2.91. The number of hydrogen-bond acceptors (Lipinski definition) is 3. The van der Waals surface area contributed by atoms with E-state index in [2.05, 4.69) is 22.3 Å². The summed E-state index contributed by atoms with van der Waals surface area (Å²) in [4.78, 5) is 4.21. The van der Waals surface area contributed by atoms with Gasteiger partial charge in [-0.25, -0.2) is 4.98 Å². The number of aryl methyl sites for hydroxylation is 2. The molecule has 5 heteroatoms. The standard InChI is InChI=1S/C13H17ClN4/c1-3-8-18-11(6-7-16-18)9-15-12-4-5-13(14)17-10(12)2/h4-7,15H,3,8-9H2,1-2H3. The Morgan fingerprint density at radius 2 is 2.17 bits per heavy atom. The number of rotatable bonds is 5. The average molecular weight is 265 g/mol. The molecule has 2 heterocycles. The lowest BCUT2D eigenvalue weighted by Crippen LogP contribution is -2.09. The third-order valence-corrected chi connectivity index (χ3v) is 2.96. The maximum Gasteiger partial charge on any atom is 0.129 e. The molecule has 0 radical (unpaired) electrons. The normalized spacial score (nSPS) is 10.6. The molecule has 0 saturated heterocycles. The number of pyridine rings is 1. The minimum atomic E-state index is 0.522. The molecule has 96 valence electrons. The van der Waals surface area contributed by atoms with E-state index in [4.69, 9.17) is 11.6 Å². The molecule has 4 nitrogen and oxygen atoms in total. The summed E-state index contributed by atoms with van der Waals surface area (Å²) in [5.74, 6) is 0. The summed E-state index contributed by atoms with van der Waals surface area (Å²) in [5.41, 5.74) is 3.08. The zero-order chi connectivity index (χ0) is 13.0. The van der Waals surface area contributed by atoms with Crippen molar-refractivity contribution >= 4 is 17.3 Å². The molecule has 0 aliphatic heterocycles. The second-order valence-electron chi connectivity index (χ2n) is 4.17. The first kappa shape index (κ1) is 12.9. The quantitative estimate of drug-likeness (QED) is 0.843. The van der Waals surface area contributed by atoms with Crippen molar-refractivity contribution in [1.82, 2.24) is 14.8 Å². The Morgan fingerprint density at radius 1 is 1.33 bits per heavy atom. The molecule has 2 rings (SSSR count). The van der Waals surface area contributed by atoms with Gasteiger partial charge in [-0.05, 0) is 31.5 Å². The molecule has 0 aromatic carbocycles. The van der Waals surface area contributed by atoms with E-state index < -0.39 is 0 Å². The van der Waals surface area contributed by atoms with Gasteiger partial charge in [-0.1, -0.05) is 18.5 Å². The van der Waals surface area contributed by atoms with Crippen LogP contribution in [0.4, 0.5) is 5.69 Å². The molecule has 0 aliphatic carbocycles. The molecule has 0 saturated carbocycles. The largest absolute Gasteiger partial charge is 0.378 e. The van der Waals surface area contributed by atoms with Crippen LogP contribution in [0.2, 0.25) is 5.15 Å². The van der Waals surface area contributed by atoms with Crippen LogP contribution >= 0.6 is 11.6 Å². The second-order valence-corrected chi connectivity index (χ2v) is 4.55. The van der Waals surface area contributed by atoms with Gasteiger partial charge in [0.25, 0.3) is 0 Å². The first-order valence-electron chi connectivity index (χ1n) is 6.08. The zero-order valence-electron chi connectivity index (χ0n) is 10.7. The Bertz CT molecular complexity index is 521. The zero-order valence-corrected chi connectivity index (χ0v) is 11.4. The molecule has 0 unspecified atom stereocenters. The van der Waals surface area contributed by atoms with E-state index in [1.807, 2.05) is 29.9 Å². The summed E-state index contributed by atoms with van der Waals surface area (Å²) >= 11 is 5.83. The van der Waals surface area contributed by atoms with Crippen LogP contribution in [0.5, 0.6) is 0 Å². The third kappa shape index (κ3) is 3.01. The summed E-state index contributed by atoms with van der Waals surface area (Å²) in [7, 11) is 0. The maximum absolute atomic E-state index is 5.83. The molecule has 0 fully saturated rings. The van der Waals surface area contributed by atoms with Crippen molar-refractivity contribution in [3.63, 3.8) is 0 Å². The van der Waals surface area contributed by atoms with Crippen LogP contribution < -0.4 is 5.32 Å². The van der Waals surface area contributed by atoms with Crippen LogP contribution in [-0.4, -0.2) is 14.8 Å². The minimum Gasteiger partial charge on any atom is -0.378 e. The second kappa shape index (κ2) is 5.87. The number of anilines is 1. The Labute approximate surface area is 112 Å². The lowest BCUT2D eigenvalue weighted by molar-refractivity contribution is 0.578. The van der Waals surface area contributed by atoms with Crippen molar-refractivity contribution in [1.29, 1.82) is 0 Å². The van der Waals surface area contributed by atoms with Crippen LogP contribution in [0.1, 0.15) is 24.7 Å². The van der Waals surface area contributed by atoms with E-state index in [1.165, 1.54) is 5.69 Å². The highest BCUT2D eigenvalue weighted by molar-refractivity contribution is 6.29. The van der Waals surface area contributed by atoms with Gasteiger partial charge in [0.15, 0.2) is 0 Å². The lowest BCUT2D eigenvalue weighted by Gasteiger charge is -2.10. The van der Waals surface area contributed by atoms with Gasteiger partial charge in [-0.15, -0.1) is 0 Å². The van der Waals surface area contributed by atoms with Crippen molar-refractivity contribution in [3.8, 4) is 0 Å². The molecule has 0 amide bonds. The molecule has 1 N–H and O–H groups in total. The highest BCUT2D eigenvalue weighted by Gasteiger charge is 2.04. The van der Waals surface area contributed by atoms with Crippen molar-refractivity contribution in [2.75, 3.05) is 5.32 Å². The highest BCUT2D eigenvalue weighted by atomic mass is 35.5. The topological polar surface area (TPSA) is 42.7 Å². The number of halogens is 1. The molecule has 0 bridgehead atoms. The Kier molecular flexibility index (Phi) is 4.20. The van der Waals surface area contributed by atoms with E-state index in [0.29, 0.717) is 5.15 Å². The number of aromatic nitrogens is 3. The predicted octanol–water partition coefficient (Wildman–Crippen LogP) is 3.26. The first-order valence-corrected chi connectivity index (χ1v) is 6.46. The molecule has 0 atom stereocenters. The fraction of sp³-hybridized carbons (Fsp3) is 0.385. The average Bonchev–Trinajstić information content (AvgIpc) is 2.76. The molecule has 0 spiro atoms. The smallest absolute Gasteiger partial charge is 0.129 e. The molecular formula is C13H17ClN4. The first-order chi connectivity index (χ1) is 8.70. The maximum atomic E-state index is 5.83. The third-order valence-electron chi connectivity index (χ3n) is 2.75. The number of nitrogens with one attached hydrogen (secondary N) is 1. The van der Waals surface area contributed by atoms with Gasteiger partial charge in [0.05, 0.1) is 23.6 Å².